The Labute approximate surface area is 228 Å². The van der Waals surface area contributed by atoms with Crippen LogP contribution in [0.3, 0.4) is 0 Å². The van der Waals surface area contributed by atoms with Crippen LogP contribution in [0.5, 0.6) is 5.75 Å². The summed E-state index contributed by atoms with van der Waals surface area (Å²) < 4.78 is 33.2. The van der Waals surface area contributed by atoms with E-state index in [4.69, 9.17) is 4.74 Å². The minimum atomic E-state index is -3.76. The zero-order valence-corrected chi connectivity index (χ0v) is 23.9. The molecule has 11 heteroatoms. The molecule has 0 fully saturated rings. The number of nitrogens with one attached hydrogen (secondary N) is 1. The molecule has 1 amide bonds. The predicted octanol–water partition coefficient (Wildman–Crippen LogP) is 3.25. The molecule has 2 aromatic carbocycles. The van der Waals surface area contributed by atoms with E-state index in [9.17, 15) is 13.2 Å². The molecule has 0 spiro atoms. The Kier molecular flexibility index (Phi) is 8.49. The monoisotopic (exact) mass is 555 g/mol. The SMILES string of the molecule is COc1cc(C)c(S(=O)(=O)N(C)Cc2nc(C(=O)N(C)CCc3ccc(C4=NCCN4)cc3)cs2)c(C)c1. The number of sulfonamides is 1. The van der Waals surface area contributed by atoms with Gasteiger partial charge in [-0.1, -0.05) is 24.3 Å². The third-order valence-corrected chi connectivity index (χ3v) is 9.39. The first kappa shape index (κ1) is 27.7. The Bertz CT molecular complexity index is 1430. The standard InChI is InChI=1S/C27H33N5O4S2/c1-18-14-22(36-5)15-19(2)25(18)38(34,35)32(4)16-24-30-23(17-37-24)27(33)31(3)13-10-20-6-8-21(9-7-20)26-28-11-12-29-26/h6-9,14-15,17H,10-13,16H2,1-5H3,(H,28,29). The van der Waals surface area contributed by atoms with Crippen molar-refractivity contribution in [3.05, 3.63) is 74.7 Å². The van der Waals surface area contributed by atoms with E-state index in [0.717, 1.165) is 30.1 Å². The van der Waals surface area contributed by atoms with Crippen LogP contribution in [0.15, 0.2) is 51.7 Å². The lowest BCUT2D eigenvalue weighted by molar-refractivity contribution is 0.0791. The van der Waals surface area contributed by atoms with Crippen molar-refractivity contribution in [2.75, 3.05) is 40.8 Å². The van der Waals surface area contributed by atoms with Gasteiger partial charge in [0.15, 0.2) is 0 Å². The zero-order chi connectivity index (χ0) is 27.4. The fourth-order valence-corrected chi connectivity index (χ4v) is 6.80. The number of likely N-dealkylation sites (N-methyl/N-ethyl adjacent to an activating group) is 1. The largest absolute Gasteiger partial charge is 0.497 e. The number of carbonyl (C=O) groups excluding carboxylic acids is 1. The topological polar surface area (TPSA) is 104 Å². The Morgan fingerprint density at radius 1 is 1.13 bits per heavy atom. The third-order valence-electron chi connectivity index (χ3n) is 6.45. The van der Waals surface area contributed by atoms with Crippen molar-refractivity contribution in [3.8, 4) is 5.75 Å². The molecule has 0 atom stereocenters. The molecule has 0 saturated carbocycles. The molecule has 1 aliphatic heterocycles. The van der Waals surface area contributed by atoms with E-state index >= 15 is 0 Å². The van der Waals surface area contributed by atoms with Crippen LogP contribution in [0.4, 0.5) is 0 Å². The highest BCUT2D eigenvalue weighted by Gasteiger charge is 2.27. The van der Waals surface area contributed by atoms with Crippen molar-refractivity contribution in [1.29, 1.82) is 0 Å². The van der Waals surface area contributed by atoms with Gasteiger partial charge in [0.05, 0.1) is 25.1 Å². The van der Waals surface area contributed by atoms with Crippen LogP contribution >= 0.6 is 11.3 Å². The number of aliphatic imine (C=N–C) groups is 1. The van der Waals surface area contributed by atoms with E-state index < -0.39 is 10.0 Å². The summed E-state index contributed by atoms with van der Waals surface area (Å²) in [4.78, 5) is 23.7. The van der Waals surface area contributed by atoms with Crippen molar-refractivity contribution in [3.63, 3.8) is 0 Å². The van der Waals surface area contributed by atoms with Gasteiger partial charge in [0.2, 0.25) is 10.0 Å². The van der Waals surface area contributed by atoms with Crippen LogP contribution in [-0.2, 0) is 23.0 Å². The second kappa shape index (κ2) is 11.6. The smallest absolute Gasteiger partial charge is 0.273 e. The summed E-state index contributed by atoms with van der Waals surface area (Å²) in [5, 5.41) is 5.50. The number of thiazole rings is 1. The minimum absolute atomic E-state index is 0.0708. The van der Waals surface area contributed by atoms with E-state index in [1.807, 2.05) is 12.1 Å². The first-order valence-corrected chi connectivity index (χ1v) is 14.6. The molecule has 0 saturated heterocycles. The highest BCUT2D eigenvalue weighted by atomic mass is 32.2. The average Bonchev–Trinajstić information content (AvgIpc) is 3.59. The number of hydrogen-bond donors (Lipinski definition) is 1. The third kappa shape index (κ3) is 6.06. The maximum Gasteiger partial charge on any atom is 0.273 e. The molecular formula is C27H33N5O4S2. The molecule has 4 rings (SSSR count). The van der Waals surface area contributed by atoms with E-state index in [2.05, 4.69) is 27.4 Å². The van der Waals surface area contributed by atoms with Crippen molar-refractivity contribution < 1.29 is 17.9 Å². The second-order valence-corrected chi connectivity index (χ2v) is 12.2. The Morgan fingerprint density at radius 3 is 2.42 bits per heavy atom. The van der Waals surface area contributed by atoms with Gasteiger partial charge in [-0.25, -0.2) is 13.4 Å². The van der Waals surface area contributed by atoms with Crippen molar-refractivity contribution in [2.45, 2.75) is 31.7 Å². The molecule has 0 bridgehead atoms. The molecule has 2 heterocycles. The summed E-state index contributed by atoms with van der Waals surface area (Å²) in [6, 6.07) is 11.6. The van der Waals surface area contributed by atoms with Gasteiger partial charge < -0.3 is 15.0 Å². The van der Waals surface area contributed by atoms with Crippen LogP contribution in [0, 0.1) is 13.8 Å². The Hall–Kier alpha value is -3.28. The molecule has 38 heavy (non-hydrogen) atoms. The summed E-state index contributed by atoms with van der Waals surface area (Å²) in [5.41, 5.74) is 3.74. The maximum absolute atomic E-state index is 13.3. The fourth-order valence-electron chi connectivity index (χ4n) is 4.36. The summed E-state index contributed by atoms with van der Waals surface area (Å²) in [6.07, 6.45) is 0.709. The van der Waals surface area contributed by atoms with E-state index in [0.29, 0.717) is 40.5 Å². The van der Waals surface area contributed by atoms with Gasteiger partial charge in [-0.05, 0) is 49.1 Å². The van der Waals surface area contributed by atoms with Crippen molar-refractivity contribution in [2.24, 2.45) is 4.99 Å². The van der Waals surface area contributed by atoms with Crippen molar-refractivity contribution >= 4 is 33.1 Å². The summed E-state index contributed by atoms with van der Waals surface area (Å²) in [7, 11) is 1.06. The summed E-state index contributed by atoms with van der Waals surface area (Å²) >= 11 is 1.28. The number of rotatable bonds is 10. The molecule has 0 unspecified atom stereocenters. The highest BCUT2D eigenvalue weighted by Crippen LogP contribution is 2.28. The first-order chi connectivity index (χ1) is 18.1. The van der Waals surface area contributed by atoms with Gasteiger partial charge in [-0.2, -0.15) is 4.31 Å². The lowest BCUT2D eigenvalue weighted by Gasteiger charge is -2.20. The molecule has 1 N–H and O–H groups in total. The molecule has 202 valence electrons. The molecule has 0 radical (unpaired) electrons. The molecule has 3 aromatic rings. The molecule has 0 aliphatic carbocycles. The van der Waals surface area contributed by atoms with Gasteiger partial charge in [-0.15, -0.1) is 11.3 Å². The normalized spacial score (nSPS) is 13.4. The van der Waals surface area contributed by atoms with Gasteiger partial charge in [0, 0.05) is 38.1 Å². The Balaban J connectivity index is 1.36. The Morgan fingerprint density at radius 2 is 1.82 bits per heavy atom. The number of nitrogens with zero attached hydrogens (tertiary/aromatic N) is 4. The number of amidine groups is 1. The number of ether oxygens (including phenoxy) is 1. The van der Waals surface area contributed by atoms with Crippen LogP contribution in [-0.4, -0.2) is 75.2 Å². The lowest BCUT2D eigenvalue weighted by atomic mass is 10.1. The zero-order valence-electron chi connectivity index (χ0n) is 22.3. The van der Waals surface area contributed by atoms with Crippen molar-refractivity contribution in [1.82, 2.24) is 19.5 Å². The molecule has 1 aromatic heterocycles. The summed E-state index contributed by atoms with van der Waals surface area (Å²) in [6.45, 7) is 5.78. The molecule has 1 aliphatic rings. The van der Waals surface area contributed by atoms with Gasteiger partial charge >= 0.3 is 0 Å². The molecular weight excluding hydrogens is 522 g/mol. The van der Waals surface area contributed by atoms with Gasteiger partial charge in [0.1, 0.15) is 22.3 Å². The minimum Gasteiger partial charge on any atom is -0.497 e. The van der Waals surface area contributed by atoms with Crippen LogP contribution in [0.2, 0.25) is 0 Å². The molecule has 9 nitrogen and oxygen atoms in total. The van der Waals surface area contributed by atoms with Gasteiger partial charge in [0.25, 0.3) is 5.91 Å². The highest BCUT2D eigenvalue weighted by molar-refractivity contribution is 7.89. The number of amides is 1. The average molecular weight is 556 g/mol. The first-order valence-electron chi connectivity index (χ1n) is 12.3. The number of benzene rings is 2. The predicted molar refractivity (Wildman–Crippen MR) is 150 cm³/mol. The van der Waals surface area contributed by atoms with E-state index in [1.54, 1.807) is 50.4 Å². The quantitative estimate of drug-likeness (QED) is 0.412. The number of hydrogen-bond acceptors (Lipinski definition) is 8. The van der Waals surface area contributed by atoms with Crippen LogP contribution < -0.4 is 10.1 Å². The number of methoxy groups -OCH3 is 1. The lowest BCUT2D eigenvalue weighted by Crippen LogP contribution is -2.29. The second-order valence-electron chi connectivity index (χ2n) is 9.31. The van der Waals surface area contributed by atoms with Gasteiger partial charge in [-0.3, -0.25) is 9.79 Å². The number of aromatic nitrogens is 1. The van der Waals surface area contributed by atoms with E-state index in [1.165, 1.54) is 22.7 Å². The fraction of sp³-hybridized carbons (Fsp3) is 0.370. The maximum atomic E-state index is 13.3. The van der Waals surface area contributed by atoms with E-state index in [-0.39, 0.29) is 17.3 Å². The van der Waals surface area contributed by atoms with Crippen LogP contribution in [0.1, 0.15) is 37.7 Å². The van der Waals surface area contributed by atoms with Crippen LogP contribution in [0.25, 0.3) is 0 Å². The summed E-state index contributed by atoms with van der Waals surface area (Å²) in [5.74, 6) is 1.35. The number of aryl methyl sites for hydroxylation is 2. The number of carbonyl (C=O) groups is 1.